The number of rotatable bonds is 3. The Labute approximate surface area is 75.5 Å². The van der Waals surface area contributed by atoms with E-state index in [1.807, 2.05) is 19.9 Å². The molecule has 1 unspecified atom stereocenters. The van der Waals surface area contributed by atoms with Crippen LogP contribution in [0.25, 0.3) is 0 Å². The first-order valence-electron chi connectivity index (χ1n) is 4.55. The fourth-order valence-corrected chi connectivity index (χ4v) is 0.709. The van der Waals surface area contributed by atoms with Gasteiger partial charge in [0.05, 0.1) is 0 Å². The number of hydrogen-bond donors (Lipinski definition) is 1. The molecule has 0 saturated heterocycles. The Balaban J connectivity index is 3.86. The monoisotopic (exact) mass is 166 g/mol. The molecular formula is C11H18O. The predicted molar refractivity (Wildman–Crippen MR) is 52.7 cm³/mol. The first kappa shape index (κ1) is 11.3. The molecule has 0 aliphatic carbocycles. The molecule has 0 heterocycles. The van der Waals surface area contributed by atoms with Crippen molar-refractivity contribution in [1.82, 2.24) is 0 Å². The summed E-state index contributed by atoms with van der Waals surface area (Å²) >= 11 is 0. The van der Waals surface area contributed by atoms with E-state index in [1.54, 1.807) is 0 Å². The van der Waals surface area contributed by atoms with E-state index >= 15 is 0 Å². The van der Waals surface area contributed by atoms with Gasteiger partial charge in [0.2, 0.25) is 0 Å². The topological polar surface area (TPSA) is 20.2 Å². The van der Waals surface area contributed by atoms with Crippen LogP contribution in [0.4, 0.5) is 0 Å². The van der Waals surface area contributed by atoms with Gasteiger partial charge < -0.3 is 5.11 Å². The minimum atomic E-state index is -0.448. The number of allylic oxidation sites excluding steroid dienone is 2. The van der Waals surface area contributed by atoms with Crippen LogP contribution in [0.2, 0.25) is 0 Å². The molecule has 1 atom stereocenters. The van der Waals surface area contributed by atoms with Gasteiger partial charge in [0.1, 0.15) is 6.10 Å². The quantitative estimate of drug-likeness (QED) is 0.639. The Morgan fingerprint density at radius 1 is 1.50 bits per heavy atom. The maximum Gasteiger partial charge on any atom is 0.115 e. The molecule has 0 amide bonds. The van der Waals surface area contributed by atoms with Crippen molar-refractivity contribution < 1.29 is 5.11 Å². The van der Waals surface area contributed by atoms with E-state index in [0.29, 0.717) is 0 Å². The molecule has 0 spiro atoms. The van der Waals surface area contributed by atoms with Crippen LogP contribution in [0, 0.1) is 11.8 Å². The SMILES string of the molecule is CCCC(O)C#C/C=C(/C)CC. The Morgan fingerprint density at radius 3 is 2.67 bits per heavy atom. The van der Waals surface area contributed by atoms with Crippen LogP contribution in [0.3, 0.4) is 0 Å². The van der Waals surface area contributed by atoms with Crippen LogP contribution in [0.5, 0.6) is 0 Å². The maximum absolute atomic E-state index is 9.23. The molecule has 68 valence electrons. The average molecular weight is 166 g/mol. The fourth-order valence-electron chi connectivity index (χ4n) is 0.709. The van der Waals surface area contributed by atoms with Crippen molar-refractivity contribution in [1.29, 1.82) is 0 Å². The summed E-state index contributed by atoms with van der Waals surface area (Å²) in [6.45, 7) is 6.18. The lowest BCUT2D eigenvalue weighted by molar-refractivity contribution is 0.221. The summed E-state index contributed by atoms with van der Waals surface area (Å²) in [5.41, 5.74) is 1.26. The van der Waals surface area contributed by atoms with E-state index in [9.17, 15) is 5.11 Å². The highest BCUT2D eigenvalue weighted by Crippen LogP contribution is 1.97. The molecule has 12 heavy (non-hydrogen) atoms. The molecule has 0 saturated carbocycles. The number of aliphatic hydroxyl groups excluding tert-OH is 1. The van der Waals surface area contributed by atoms with E-state index in [2.05, 4.69) is 18.8 Å². The van der Waals surface area contributed by atoms with Gasteiger partial charge in [-0.15, -0.1) is 0 Å². The van der Waals surface area contributed by atoms with E-state index in [0.717, 1.165) is 19.3 Å². The Morgan fingerprint density at radius 2 is 2.17 bits per heavy atom. The van der Waals surface area contributed by atoms with Crippen molar-refractivity contribution in [3.8, 4) is 11.8 Å². The summed E-state index contributed by atoms with van der Waals surface area (Å²) < 4.78 is 0. The lowest BCUT2D eigenvalue weighted by atomic mass is 10.2. The van der Waals surface area contributed by atoms with Gasteiger partial charge >= 0.3 is 0 Å². The molecule has 1 nitrogen and oxygen atoms in total. The highest BCUT2D eigenvalue weighted by molar-refractivity contribution is 5.21. The molecule has 0 aliphatic heterocycles. The second-order valence-corrected chi connectivity index (χ2v) is 2.94. The molecule has 1 N–H and O–H groups in total. The maximum atomic E-state index is 9.23. The van der Waals surface area contributed by atoms with Gasteiger partial charge in [-0.3, -0.25) is 0 Å². The zero-order chi connectivity index (χ0) is 9.40. The molecule has 1 heteroatoms. The van der Waals surface area contributed by atoms with Gasteiger partial charge in [-0.2, -0.15) is 0 Å². The average Bonchev–Trinajstić information content (AvgIpc) is 2.04. The number of aliphatic hydroxyl groups is 1. The molecule has 0 radical (unpaired) electrons. The standard InChI is InChI=1S/C11H18O/c1-4-7-11(12)9-6-8-10(3)5-2/h8,11-12H,4-5,7H2,1-3H3/b10-8-. The van der Waals surface area contributed by atoms with Gasteiger partial charge in [0.25, 0.3) is 0 Å². The van der Waals surface area contributed by atoms with Crippen molar-refractivity contribution in [2.45, 2.75) is 46.1 Å². The molecule has 0 fully saturated rings. The van der Waals surface area contributed by atoms with Crippen LogP contribution in [0.1, 0.15) is 40.0 Å². The minimum absolute atomic E-state index is 0.448. The summed E-state index contributed by atoms with van der Waals surface area (Å²) in [7, 11) is 0. The molecular weight excluding hydrogens is 148 g/mol. The zero-order valence-electron chi connectivity index (χ0n) is 8.22. The van der Waals surface area contributed by atoms with Crippen LogP contribution in [-0.2, 0) is 0 Å². The third-order valence-electron chi connectivity index (χ3n) is 1.69. The summed E-state index contributed by atoms with van der Waals surface area (Å²) in [5, 5.41) is 9.23. The molecule has 0 rings (SSSR count). The lowest BCUT2D eigenvalue weighted by Gasteiger charge is -1.96. The van der Waals surface area contributed by atoms with Gasteiger partial charge in [-0.1, -0.05) is 37.7 Å². The molecule has 0 aliphatic rings. The van der Waals surface area contributed by atoms with Crippen molar-refractivity contribution in [3.63, 3.8) is 0 Å². The third-order valence-corrected chi connectivity index (χ3v) is 1.69. The van der Waals surface area contributed by atoms with Crippen LogP contribution < -0.4 is 0 Å². The normalized spacial score (nSPS) is 13.5. The van der Waals surface area contributed by atoms with Crippen LogP contribution in [-0.4, -0.2) is 11.2 Å². The highest BCUT2D eigenvalue weighted by atomic mass is 16.3. The van der Waals surface area contributed by atoms with Crippen molar-refractivity contribution >= 4 is 0 Å². The Bertz CT molecular complexity index is 193. The van der Waals surface area contributed by atoms with Gasteiger partial charge in [-0.05, 0) is 25.8 Å². The zero-order valence-corrected chi connectivity index (χ0v) is 8.22. The molecule has 0 aromatic carbocycles. The van der Waals surface area contributed by atoms with E-state index < -0.39 is 6.10 Å². The van der Waals surface area contributed by atoms with E-state index in [-0.39, 0.29) is 0 Å². The molecule has 0 aromatic rings. The molecule has 0 bridgehead atoms. The largest absolute Gasteiger partial charge is 0.380 e. The molecule has 0 aromatic heterocycles. The first-order chi connectivity index (χ1) is 5.70. The van der Waals surface area contributed by atoms with Gasteiger partial charge in [0.15, 0.2) is 0 Å². The fraction of sp³-hybridized carbons (Fsp3) is 0.636. The van der Waals surface area contributed by atoms with Gasteiger partial charge in [0, 0.05) is 0 Å². The minimum Gasteiger partial charge on any atom is -0.380 e. The smallest absolute Gasteiger partial charge is 0.115 e. The predicted octanol–water partition coefficient (Wildman–Crippen LogP) is 2.51. The second kappa shape index (κ2) is 6.94. The summed E-state index contributed by atoms with van der Waals surface area (Å²) in [6.07, 6.45) is 4.20. The van der Waals surface area contributed by atoms with Crippen molar-refractivity contribution in [2.24, 2.45) is 0 Å². The van der Waals surface area contributed by atoms with Crippen molar-refractivity contribution in [3.05, 3.63) is 11.6 Å². The van der Waals surface area contributed by atoms with E-state index in [4.69, 9.17) is 0 Å². The van der Waals surface area contributed by atoms with Gasteiger partial charge in [-0.25, -0.2) is 0 Å². The summed E-state index contributed by atoms with van der Waals surface area (Å²) in [5.74, 6) is 5.64. The summed E-state index contributed by atoms with van der Waals surface area (Å²) in [4.78, 5) is 0. The Kier molecular flexibility index (Phi) is 6.51. The van der Waals surface area contributed by atoms with Crippen molar-refractivity contribution in [2.75, 3.05) is 0 Å². The second-order valence-electron chi connectivity index (χ2n) is 2.94. The first-order valence-corrected chi connectivity index (χ1v) is 4.55. The lowest BCUT2D eigenvalue weighted by Crippen LogP contribution is -2.00. The number of hydrogen-bond acceptors (Lipinski definition) is 1. The van der Waals surface area contributed by atoms with Crippen LogP contribution in [0.15, 0.2) is 11.6 Å². The van der Waals surface area contributed by atoms with E-state index in [1.165, 1.54) is 5.57 Å². The highest BCUT2D eigenvalue weighted by Gasteiger charge is 1.93. The third kappa shape index (κ3) is 6.00. The summed E-state index contributed by atoms with van der Waals surface area (Å²) in [6, 6.07) is 0. The van der Waals surface area contributed by atoms with Crippen LogP contribution >= 0.6 is 0 Å². The Hall–Kier alpha value is -0.740.